The Morgan fingerprint density at radius 2 is 1.88 bits per heavy atom. The van der Waals surface area contributed by atoms with E-state index in [0.717, 1.165) is 37.2 Å². The Morgan fingerprint density at radius 3 is 2.65 bits per heavy atom. The number of carbonyl (C=O) groups excluding carboxylic acids is 1. The van der Waals surface area contributed by atoms with E-state index in [1.165, 1.54) is 35.2 Å². The van der Waals surface area contributed by atoms with Gasteiger partial charge in [0.25, 0.3) is 0 Å². The number of hydrogen-bond acceptors (Lipinski definition) is 3. The van der Waals surface area contributed by atoms with Crippen LogP contribution in [0.15, 0.2) is 47.4 Å². The summed E-state index contributed by atoms with van der Waals surface area (Å²) in [6.07, 6.45) is 2.14. The second kappa shape index (κ2) is 8.78. The fourth-order valence-electron chi connectivity index (χ4n) is 3.36. The quantitative estimate of drug-likeness (QED) is 0.647. The number of nitrogens with zero attached hydrogens (tertiary/aromatic N) is 1. The molecule has 0 N–H and O–H groups in total. The van der Waals surface area contributed by atoms with Crippen LogP contribution in [0.25, 0.3) is 0 Å². The molecule has 0 saturated heterocycles. The summed E-state index contributed by atoms with van der Waals surface area (Å²) in [6.45, 7) is 1.78. The third-order valence-electron chi connectivity index (χ3n) is 4.69. The molecule has 1 atom stereocenters. The van der Waals surface area contributed by atoms with Gasteiger partial charge in [-0.15, -0.1) is 11.8 Å². The van der Waals surface area contributed by atoms with Crippen molar-refractivity contribution in [3.63, 3.8) is 0 Å². The van der Waals surface area contributed by atoms with Crippen LogP contribution < -0.4 is 0 Å². The number of thioether (sulfide) groups is 1. The summed E-state index contributed by atoms with van der Waals surface area (Å²) < 4.78 is 26.3. The molecule has 0 aromatic heterocycles. The Labute approximate surface area is 157 Å². The molecule has 0 fully saturated rings. The molecule has 2 aromatic rings. The predicted molar refractivity (Wildman–Crippen MR) is 102 cm³/mol. The highest BCUT2D eigenvalue weighted by Crippen LogP contribution is 2.33. The van der Waals surface area contributed by atoms with Crippen molar-refractivity contribution in [1.29, 1.82) is 0 Å². The summed E-state index contributed by atoms with van der Waals surface area (Å²) in [4.78, 5) is 15.6. The highest BCUT2D eigenvalue weighted by Gasteiger charge is 2.21. The fraction of sp³-hybridized carbons (Fsp3) is 0.381. The van der Waals surface area contributed by atoms with Crippen molar-refractivity contribution >= 4 is 17.5 Å². The maximum Gasteiger partial charge on any atom is 0.162 e. The van der Waals surface area contributed by atoms with E-state index >= 15 is 0 Å². The van der Waals surface area contributed by atoms with Gasteiger partial charge in [0.15, 0.2) is 5.78 Å². The van der Waals surface area contributed by atoms with E-state index < -0.39 is 0 Å². The monoisotopic (exact) mass is 375 g/mol. The zero-order valence-corrected chi connectivity index (χ0v) is 15.7. The van der Waals surface area contributed by atoms with Crippen molar-refractivity contribution in [3.05, 3.63) is 65.2 Å². The molecule has 2 aromatic carbocycles. The van der Waals surface area contributed by atoms with Gasteiger partial charge < -0.3 is 4.90 Å². The molecule has 5 heteroatoms. The van der Waals surface area contributed by atoms with Crippen molar-refractivity contribution in [2.24, 2.45) is 5.92 Å². The first kappa shape index (κ1) is 19.1. The van der Waals surface area contributed by atoms with Crippen LogP contribution in [0.5, 0.6) is 0 Å². The summed E-state index contributed by atoms with van der Waals surface area (Å²) >= 11 is 1.80. The lowest BCUT2D eigenvalue weighted by atomic mass is 9.99. The first-order valence-electron chi connectivity index (χ1n) is 8.90. The van der Waals surface area contributed by atoms with Crippen molar-refractivity contribution in [2.75, 3.05) is 25.9 Å². The van der Waals surface area contributed by atoms with E-state index in [9.17, 15) is 13.6 Å². The van der Waals surface area contributed by atoms with Crippen LogP contribution in [0.2, 0.25) is 0 Å². The number of Topliss-reactive ketones (excluding diaryl/α,β-unsaturated/α-hetero) is 1. The van der Waals surface area contributed by atoms with Gasteiger partial charge in [-0.05, 0) is 80.4 Å². The summed E-state index contributed by atoms with van der Waals surface area (Å²) in [6, 6.07) is 10.8. The standard InChI is InChI=1S/C21H23F2NOS/c1-24(10-2-3-20(25)16-4-6-18(22)7-5-16)13-15-11-17-12-19(23)8-9-21(17)26-14-15/h4-9,12,15H,2-3,10-11,13-14H2,1H3. The van der Waals surface area contributed by atoms with Gasteiger partial charge >= 0.3 is 0 Å². The van der Waals surface area contributed by atoms with E-state index in [-0.39, 0.29) is 17.4 Å². The normalized spacial score (nSPS) is 16.5. The molecule has 1 aliphatic heterocycles. The molecule has 0 radical (unpaired) electrons. The van der Waals surface area contributed by atoms with E-state index in [4.69, 9.17) is 0 Å². The minimum Gasteiger partial charge on any atom is -0.306 e. The Bertz CT molecular complexity index is 763. The van der Waals surface area contributed by atoms with Crippen LogP contribution in [-0.2, 0) is 6.42 Å². The molecule has 3 rings (SSSR count). The number of rotatable bonds is 7. The topological polar surface area (TPSA) is 20.3 Å². The lowest BCUT2D eigenvalue weighted by Crippen LogP contribution is -2.30. The van der Waals surface area contributed by atoms with Crippen molar-refractivity contribution < 1.29 is 13.6 Å². The van der Waals surface area contributed by atoms with Crippen LogP contribution in [0.3, 0.4) is 0 Å². The molecule has 0 amide bonds. The van der Waals surface area contributed by atoms with Gasteiger partial charge in [0.1, 0.15) is 11.6 Å². The molecule has 1 aliphatic rings. The number of benzene rings is 2. The number of ketones is 1. The second-order valence-electron chi connectivity index (χ2n) is 6.93. The first-order chi connectivity index (χ1) is 12.5. The third-order valence-corrected chi connectivity index (χ3v) is 6.03. The van der Waals surface area contributed by atoms with Gasteiger partial charge in [-0.1, -0.05) is 0 Å². The molecule has 0 bridgehead atoms. The zero-order valence-electron chi connectivity index (χ0n) is 14.9. The SMILES string of the molecule is CN(CCCC(=O)c1ccc(F)cc1)CC1CSc2ccc(F)cc2C1. The number of carbonyl (C=O) groups is 1. The average molecular weight is 375 g/mol. The predicted octanol–water partition coefficient (Wildman–Crippen LogP) is 4.82. The lowest BCUT2D eigenvalue weighted by Gasteiger charge is -2.28. The molecule has 26 heavy (non-hydrogen) atoms. The van der Waals surface area contributed by atoms with Crippen LogP contribution in [-0.4, -0.2) is 36.6 Å². The maximum atomic E-state index is 13.4. The molecule has 2 nitrogen and oxygen atoms in total. The van der Waals surface area contributed by atoms with Gasteiger partial charge in [-0.25, -0.2) is 8.78 Å². The minimum atomic E-state index is -0.326. The zero-order chi connectivity index (χ0) is 18.5. The van der Waals surface area contributed by atoms with Crippen LogP contribution in [0, 0.1) is 17.6 Å². The molecular weight excluding hydrogens is 352 g/mol. The largest absolute Gasteiger partial charge is 0.306 e. The highest BCUT2D eigenvalue weighted by molar-refractivity contribution is 7.99. The Balaban J connectivity index is 1.42. The number of halogens is 2. The van der Waals surface area contributed by atoms with E-state index in [1.54, 1.807) is 17.8 Å². The Kier molecular flexibility index (Phi) is 6.43. The van der Waals surface area contributed by atoms with Gasteiger partial charge in [-0.3, -0.25) is 4.79 Å². The molecule has 138 valence electrons. The van der Waals surface area contributed by atoms with Crippen LogP contribution in [0.4, 0.5) is 8.78 Å². The van der Waals surface area contributed by atoms with Crippen LogP contribution in [0.1, 0.15) is 28.8 Å². The summed E-state index contributed by atoms with van der Waals surface area (Å²) in [5, 5.41) is 0. The summed E-state index contributed by atoms with van der Waals surface area (Å²) in [5.41, 5.74) is 1.67. The Morgan fingerprint density at radius 1 is 1.15 bits per heavy atom. The van der Waals surface area contributed by atoms with Crippen molar-refractivity contribution in [3.8, 4) is 0 Å². The third kappa shape index (κ3) is 5.15. The molecular formula is C21H23F2NOS. The van der Waals surface area contributed by atoms with E-state index in [1.807, 2.05) is 6.07 Å². The molecule has 1 unspecified atom stereocenters. The second-order valence-corrected chi connectivity index (χ2v) is 7.99. The fourth-order valence-corrected chi connectivity index (χ4v) is 4.50. The lowest BCUT2D eigenvalue weighted by molar-refractivity contribution is 0.0975. The Hall–Kier alpha value is -1.72. The van der Waals surface area contributed by atoms with E-state index in [0.29, 0.717) is 17.9 Å². The summed E-state index contributed by atoms with van der Waals surface area (Å²) in [5.74, 6) is 1.09. The van der Waals surface area contributed by atoms with Crippen LogP contribution >= 0.6 is 11.8 Å². The average Bonchev–Trinajstić information content (AvgIpc) is 2.61. The smallest absolute Gasteiger partial charge is 0.162 e. The summed E-state index contributed by atoms with van der Waals surface area (Å²) in [7, 11) is 2.06. The van der Waals surface area contributed by atoms with Crippen molar-refractivity contribution in [2.45, 2.75) is 24.2 Å². The molecule has 0 spiro atoms. The maximum absolute atomic E-state index is 13.4. The first-order valence-corrected chi connectivity index (χ1v) is 9.88. The van der Waals surface area contributed by atoms with Gasteiger partial charge in [0, 0.05) is 29.2 Å². The van der Waals surface area contributed by atoms with E-state index in [2.05, 4.69) is 11.9 Å². The van der Waals surface area contributed by atoms with Gasteiger partial charge in [0.2, 0.25) is 0 Å². The van der Waals surface area contributed by atoms with Crippen molar-refractivity contribution in [1.82, 2.24) is 4.90 Å². The highest BCUT2D eigenvalue weighted by atomic mass is 32.2. The number of hydrogen-bond donors (Lipinski definition) is 0. The molecule has 1 heterocycles. The molecule has 0 aliphatic carbocycles. The van der Waals surface area contributed by atoms with Gasteiger partial charge in [-0.2, -0.15) is 0 Å². The number of fused-ring (bicyclic) bond motifs is 1. The molecule has 0 saturated carbocycles. The van der Waals surface area contributed by atoms with Gasteiger partial charge in [0.05, 0.1) is 0 Å². The minimum absolute atomic E-state index is 0.0519.